The molecule has 2 aromatic carbocycles. The molecule has 20 heavy (non-hydrogen) atoms. The van der Waals surface area contributed by atoms with Crippen LogP contribution in [0, 0.1) is 0 Å². The fraction of sp³-hybridized carbons (Fsp3) is 0.333. The summed E-state index contributed by atoms with van der Waals surface area (Å²) in [6.45, 7) is 5.25. The Balaban J connectivity index is 2.41. The molecule has 2 rings (SSSR count). The molecule has 0 aliphatic carbocycles. The Hall–Kier alpha value is -1.31. The topological polar surface area (TPSA) is 12.0 Å². The second-order valence-electron chi connectivity index (χ2n) is 5.04. The summed E-state index contributed by atoms with van der Waals surface area (Å²) >= 11 is 6.44. The van der Waals surface area contributed by atoms with Crippen LogP contribution in [0.25, 0.3) is 11.1 Å². The van der Waals surface area contributed by atoms with Gasteiger partial charge in [-0.2, -0.15) is 0 Å². The highest BCUT2D eigenvalue weighted by molar-refractivity contribution is 6.33. The standard InChI is InChI=1S/C18H22ClN/c1-4-14-7-8-16(11-15(14)5-2)17-9-6-13(12-20-3)10-18(17)19/h6-11,20H,4-5,12H2,1-3H3. The summed E-state index contributed by atoms with van der Waals surface area (Å²) in [5.41, 5.74) is 6.38. The van der Waals surface area contributed by atoms with E-state index in [1.165, 1.54) is 22.3 Å². The lowest BCUT2D eigenvalue weighted by molar-refractivity contribution is 0.818. The van der Waals surface area contributed by atoms with E-state index in [0.717, 1.165) is 30.0 Å². The molecule has 0 amide bonds. The summed E-state index contributed by atoms with van der Waals surface area (Å²) in [5, 5.41) is 3.97. The Labute approximate surface area is 127 Å². The maximum atomic E-state index is 6.44. The van der Waals surface area contributed by atoms with E-state index in [4.69, 9.17) is 11.6 Å². The smallest absolute Gasteiger partial charge is 0.0487 e. The van der Waals surface area contributed by atoms with E-state index in [9.17, 15) is 0 Å². The molecule has 2 aromatic rings. The minimum Gasteiger partial charge on any atom is -0.316 e. The molecule has 2 heteroatoms. The van der Waals surface area contributed by atoms with Crippen molar-refractivity contribution in [3.8, 4) is 11.1 Å². The first-order valence-electron chi connectivity index (χ1n) is 7.24. The third kappa shape index (κ3) is 3.23. The number of aryl methyl sites for hydroxylation is 2. The Kier molecular flexibility index (Phi) is 5.22. The van der Waals surface area contributed by atoms with E-state index in [-0.39, 0.29) is 0 Å². The largest absolute Gasteiger partial charge is 0.316 e. The van der Waals surface area contributed by atoms with Crippen molar-refractivity contribution in [2.75, 3.05) is 7.05 Å². The zero-order chi connectivity index (χ0) is 14.5. The number of halogens is 1. The van der Waals surface area contributed by atoms with E-state index < -0.39 is 0 Å². The molecule has 0 unspecified atom stereocenters. The van der Waals surface area contributed by atoms with Crippen molar-refractivity contribution in [2.24, 2.45) is 0 Å². The molecule has 0 saturated heterocycles. The highest BCUT2D eigenvalue weighted by Gasteiger charge is 2.07. The van der Waals surface area contributed by atoms with Gasteiger partial charge in [-0.15, -0.1) is 0 Å². The van der Waals surface area contributed by atoms with Crippen LogP contribution in [-0.2, 0) is 19.4 Å². The van der Waals surface area contributed by atoms with Crippen molar-refractivity contribution in [3.05, 3.63) is 58.1 Å². The van der Waals surface area contributed by atoms with Gasteiger partial charge in [0.1, 0.15) is 0 Å². The molecule has 0 aliphatic heterocycles. The van der Waals surface area contributed by atoms with Gasteiger partial charge in [0, 0.05) is 17.1 Å². The first-order valence-corrected chi connectivity index (χ1v) is 7.62. The molecule has 0 heterocycles. The zero-order valence-corrected chi connectivity index (χ0v) is 13.2. The van der Waals surface area contributed by atoms with Gasteiger partial charge in [-0.1, -0.05) is 55.8 Å². The summed E-state index contributed by atoms with van der Waals surface area (Å²) in [4.78, 5) is 0. The average molecular weight is 288 g/mol. The number of nitrogens with one attached hydrogen (secondary N) is 1. The highest BCUT2D eigenvalue weighted by atomic mass is 35.5. The molecule has 0 atom stereocenters. The van der Waals surface area contributed by atoms with Gasteiger partial charge in [0.2, 0.25) is 0 Å². The fourth-order valence-electron chi connectivity index (χ4n) is 2.57. The summed E-state index contributed by atoms with van der Waals surface area (Å²) in [5.74, 6) is 0. The van der Waals surface area contributed by atoms with Gasteiger partial charge in [0.15, 0.2) is 0 Å². The van der Waals surface area contributed by atoms with Crippen molar-refractivity contribution in [1.82, 2.24) is 5.32 Å². The van der Waals surface area contributed by atoms with E-state index in [1.807, 2.05) is 13.1 Å². The molecular weight excluding hydrogens is 266 g/mol. The maximum absolute atomic E-state index is 6.44. The van der Waals surface area contributed by atoms with E-state index in [2.05, 4.69) is 49.5 Å². The van der Waals surface area contributed by atoms with Crippen LogP contribution in [0.4, 0.5) is 0 Å². The minimum absolute atomic E-state index is 0.823. The van der Waals surface area contributed by atoms with Gasteiger partial charge >= 0.3 is 0 Å². The SMILES string of the molecule is CCc1ccc(-c2ccc(CNC)cc2Cl)cc1CC. The Bertz CT molecular complexity index is 590. The number of benzene rings is 2. The predicted octanol–water partition coefficient (Wildman–Crippen LogP) is 4.85. The van der Waals surface area contributed by atoms with Crippen LogP contribution in [0.2, 0.25) is 5.02 Å². The van der Waals surface area contributed by atoms with Crippen LogP contribution in [-0.4, -0.2) is 7.05 Å². The van der Waals surface area contributed by atoms with Crippen molar-refractivity contribution in [2.45, 2.75) is 33.2 Å². The molecule has 0 saturated carbocycles. The van der Waals surface area contributed by atoms with Crippen molar-refractivity contribution < 1.29 is 0 Å². The van der Waals surface area contributed by atoms with Crippen LogP contribution in [0.5, 0.6) is 0 Å². The number of hydrogen-bond donors (Lipinski definition) is 1. The lowest BCUT2D eigenvalue weighted by Crippen LogP contribution is -2.04. The van der Waals surface area contributed by atoms with Gasteiger partial charge < -0.3 is 5.32 Å². The molecule has 0 spiro atoms. The second kappa shape index (κ2) is 6.92. The van der Waals surface area contributed by atoms with Crippen LogP contribution in [0.3, 0.4) is 0 Å². The van der Waals surface area contributed by atoms with Gasteiger partial charge in [0.25, 0.3) is 0 Å². The van der Waals surface area contributed by atoms with Crippen molar-refractivity contribution in [3.63, 3.8) is 0 Å². The van der Waals surface area contributed by atoms with Crippen molar-refractivity contribution >= 4 is 11.6 Å². The van der Waals surface area contributed by atoms with Crippen LogP contribution < -0.4 is 5.32 Å². The first kappa shape index (κ1) is 15.1. The van der Waals surface area contributed by atoms with Gasteiger partial charge in [0.05, 0.1) is 0 Å². The summed E-state index contributed by atoms with van der Waals surface area (Å²) in [6, 6.07) is 13.0. The van der Waals surface area contributed by atoms with Crippen LogP contribution in [0.1, 0.15) is 30.5 Å². The fourth-order valence-corrected chi connectivity index (χ4v) is 2.89. The van der Waals surface area contributed by atoms with Crippen LogP contribution >= 0.6 is 11.6 Å². The summed E-state index contributed by atoms with van der Waals surface area (Å²) in [7, 11) is 1.94. The molecule has 0 aliphatic rings. The quantitative estimate of drug-likeness (QED) is 0.829. The van der Waals surface area contributed by atoms with Crippen LogP contribution in [0.15, 0.2) is 36.4 Å². The van der Waals surface area contributed by atoms with E-state index in [0.29, 0.717) is 0 Å². The molecule has 0 aromatic heterocycles. The maximum Gasteiger partial charge on any atom is 0.0487 e. The Morgan fingerprint density at radius 2 is 1.70 bits per heavy atom. The predicted molar refractivity (Wildman–Crippen MR) is 88.4 cm³/mol. The highest BCUT2D eigenvalue weighted by Crippen LogP contribution is 2.30. The molecular formula is C18H22ClN. The third-order valence-electron chi connectivity index (χ3n) is 3.69. The molecule has 0 bridgehead atoms. The third-order valence-corrected chi connectivity index (χ3v) is 4.01. The normalized spacial score (nSPS) is 10.8. The number of rotatable bonds is 5. The van der Waals surface area contributed by atoms with Gasteiger partial charge in [-0.25, -0.2) is 0 Å². The average Bonchev–Trinajstić information content (AvgIpc) is 2.47. The van der Waals surface area contributed by atoms with E-state index in [1.54, 1.807) is 0 Å². The van der Waals surface area contributed by atoms with Crippen molar-refractivity contribution in [1.29, 1.82) is 0 Å². The second-order valence-corrected chi connectivity index (χ2v) is 5.44. The summed E-state index contributed by atoms with van der Waals surface area (Å²) < 4.78 is 0. The van der Waals surface area contributed by atoms with Gasteiger partial charge in [-0.3, -0.25) is 0 Å². The molecule has 106 valence electrons. The molecule has 0 fully saturated rings. The summed E-state index contributed by atoms with van der Waals surface area (Å²) in [6.07, 6.45) is 2.14. The molecule has 1 nitrogen and oxygen atoms in total. The lowest BCUT2D eigenvalue weighted by Gasteiger charge is -2.11. The lowest BCUT2D eigenvalue weighted by atomic mass is 9.96. The first-order chi connectivity index (χ1) is 9.69. The molecule has 0 radical (unpaired) electrons. The Morgan fingerprint density at radius 3 is 2.30 bits per heavy atom. The monoisotopic (exact) mass is 287 g/mol. The minimum atomic E-state index is 0.823. The molecule has 1 N–H and O–H groups in total. The number of hydrogen-bond acceptors (Lipinski definition) is 1. The zero-order valence-electron chi connectivity index (χ0n) is 12.5. The van der Waals surface area contributed by atoms with Gasteiger partial charge in [-0.05, 0) is 48.2 Å². The van der Waals surface area contributed by atoms with E-state index >= 15 is 0 Å². The Morgan fingerprint density at radius 1 is 0.950 bits per heavy atom.